The first kappa shape index (κ1) is 12.1. The molecule has 0 spiro atoms. The Kier molecular flexibility index (Phi) is 2.94. The maximum absolute atomic E-state index is 5.60. The van der Waals surface area contributed by atoms with Crippen LogP contribution in [0.3, 0.4) is 0 Å². The van der Waals surface area contributed by atoms with Crippen molar-refractivity contribution in [1.82, 2.24) is 19.9 Å². The Morgan fingerprint density at radius 2 is 2.21 bits per heavy atom. The molecule has 0 fully saturated rings. The van der Waals surface area contributed by atoms with E-state index in [1.54, 1.807) is 0 Å². The van der Waals surface area contributed by atoms with Gasteiger partial charge in [0.2, 0.25) is 5.95 Å². The van der Waals surface area contributed by atoms with Crippen LogP contribution in [-0.4, -0.2) is 26.4 Å². The zero-order chi connectivity index (χ0) is 13.4. The fraction of sp³-hybridized carbons (Fsp3) is 0.462. The maximum Gasteiger partial charge on any atom is 0.220 e. The standard InChI is InChI=1S/C13H17N5O/c1-8-12(16-9(2)19-8)7-18-4-3-11-10(6-18)5-15-13(14)17-11/h5H,3-4,6-7H2,1-2H3,(H2,14,15,17). The molecule has 0 atom stereocenters. The molecule has 2 aromatic rings. The van der Waals surface area contributed by atoms with Crippen molar-refractivity contribution < 1.29 is 4.42 Å². The molecule has 100 valence electrons. The Hall–Kier alpha value is -1.95. The molecule has 0 radical (unpaired) electrons. The second kappa shape index (κ2) is 4.62. The van der Waals surface area contributed by atoms with Crippen LogP contribution in [0.15, 0.2) is 10.6 Å². The summed E-state index contributed by atoms with van der Waals surface area (Å²) in [6.07, 6.45) is 2.72. The molecular weight excluding hydrogens is 242 g/mol. The van der Waals surface area contributed by atoms with Crippen LogP contribution in [0.25, 0.3) is 0 Å². The van der Waals surface area contributed by atoms with Gasteiger partial charge in [0.05, 0.1) is 11.4 Å². The average Bonchev–Trinajstić information content (AvgIpc) is 2.68. The summed E-state index contributed by atoms with van der Waals surface area (Å²) in [5.41, 5.74) is 8.83. The highest BCUT2D eigenvalue weighted by Crippen LogP contribution is 2.20. The van der Waals surface area contributed by atoms with E-state index in [0.717, 1.165) is 54.7 Å². The molecule has 2 N–H and O–H groups in total. The summed E-state index contributed by atoms with van der Waals surface area (Å²) in [6, 6.07) is 0. The van der Waals surface area contributed by atoms with Crippen molar-refractivity contribution in [3.63, 3.8) is 0 Å². The van der Waals surface area contributed by atoms with Crippen LogP contribution in [0.4, 0.5) is 5.95 Å². The second-order valence-electron chi connectivity index (χ2n) is 4.90. The van der Waals surface area contributed by atoms with Crippen LogP contribution >= 0.6 is 0 Å². The van der Waals surface area contributed by atoms with E-state index >= 15 is 0 Å². The maximum atomic E-state index is 5.60. The summed E-state index contributed by atoms with van der Waals surface area (Å²) in [6.45, 7) is 6.42. The van der Waals surface area contributed by atoms with Crippen molar-refractivity contribution in [2.45, 2.75) is 33.4 Å². The lowest BCUT2D eigenvalue weighted by molar-refractivity contribution is 0.239. The third-order valence-electron chi connectivity index (χ3n) is 3.40. The number of rotatable bonds is 2. The molecular formula is C13H17N5O. The highest BCUT2D eigenvalue weighted by Gasteiger charge is 2.20. The van der Waals surface area contributed by atoms with Gasteiger partial charge in [0.25, 0.3) is 0 Å². The monoisotopic (exact) mass is 259 g/mol. The minimum absolute atomic E-state index is 0.357. The summed E-state index contributed by atoms with van der Waals surface area (Å²) in [5.74, 6) is 1.98. The first-order chi connectivity index (χ1) is 9.11. The van der Waals surface area contributed by atoms with Gasteiger partial charge in [-0.1, -0.05) is 0 Å². The van der Waals surface area contributed by atoms with Crippen molar-refractivity contribution in [3.05, 3.63) is 34.8 Å². The topological polar surface area (TPSA) is 81.1 Å². The molecule has 6 nitrogen and oxygen atoms in total. The number of nitrogen functional groups attached to an aromatic ring is 1. The van der Waals surface area contributed by atoms with Gasteiger partial charge in [-0.2, -0.15) is 0 Å². The van der Waals surface area contributed by atoms with E-state index < -0.39 is 0 Å². The molecule has 1 aliphatic rings. The summed E-state index contributed by atoms with van der Waals surface area (Å²) >= 11 is 0. The Morgan fingerprint density at radius 1 is 1.37 bits per heavy atom. The molecule has 3 heterocycles. The number of hydrogen-bond acceptors (Lipinski definition) is 6. The number of hydrogen-bond donors (Lipinski definition) is 1. The summed E-state index contributed by atoms with van der Waals surface area (Å²) in [4.78, 5) is 15.1. The molecule has 3 rings (SSSR count). The Balaban J connectivity index is 1.75. The lowest BCUT2D eigenvalue weighted by Gasteiger charge is -2.27. The molecule has 0 bridgehead atoms. The number of aryl methyl sites for hydroxylation is 2. The van der Waals surface area contributed by atoms with Gasteiger partial charge < -0.3 is 10.2 Å². The van der Waals surface area contributed by atoms with Gasteiger partial charge in [-0.3, -0.25) is 4.90 Å². The zero-order valence-corrected chi connectivity index (χ0v) is 11.2. The average molecular weight is 259 g/mol. The molecule has 0 amide bonds. The summed E-state index contributed by atoms with van der Waals surface area (Å²) < 4.78 is 5.46. The Bertz CT molecular complexity index is 607. The van der Waals surface area contributed by atoms with Crippen LogP contribution in [0.2, 0.25) is 0 Å². The van der Waals surface area contributed by atoms with E-state index in [0.29, 0.717) is 5.95 Å². The van der Waals surface area contributed by atoms with Gasteiger partial charge in [0.15, 0.2) is 5.89 Å². The second-order valence-corrected chi connectivity index (χ2v) is 4.90. The Morgan fingerprint density at radius 3 is 2.95 bits per heavy atom. The van der Waals surface area contributed by atoms with Crippen molar-refractivity contribution in [1.29, 1.82) is 0 Å². The quantitative estimate of drug-likeness (QED) is 0.873. The van der Waals surface area contributed by atoms with Gasteiger partial charge in [-0.15, -0.1) is 0 Å². The molecule has 2 aromatic heterocycles. The first-order valence-electron chi connectivity index (χ1n) is 6.37. The molecule has 0 saturated carbocycles. The highest BCUT2D eigenvalue weighted by atomic mass is 16.4. The fourth-order valence-corrected chi connectivity index (χ4v) is 2.46. The van der Waals surface area contributed by atoms with Gasteiger partial charge in [-0.05, 0) is 6.92 Å². The third kappa shape index (κ3) is 2.44. The largest absolute Gasteiger partial charge is 0.446 e. The molecule has 1 aliphatic heterocycles. The molecule has 0 aromatic carbocycles. The normalized spacial score (nSPS) is 15.5. The highest BCUT2D eigenvalue weighted by molar-refractivity contribution is 5.27. The molecule has 6 heteroatoms. The van der Waals surface area contributed by atoms with Gasteiger partial charge in [-0.25, -0.2) is 15.0 Å². The fourth-order valence-electron chi connectivity index (χ4n) is 2.46. The molecule has 0 saturated heterocycles. The van der Waals surface area contributed by atoms with Gasteiger partial charge in [0.1, 0.15) is 5.76 Å². The number of nitrogens with two attached hydrogens (primary N) is 1. The lowest BCUT2D eigenvalue weighted by Crippen LogP contribution is -2.31. The van der Waals surface area contributed by atoms with Crippen molar-refractivity contribution in [3.8, 4) is 0 Å². The van der Waals surface area contributed by atoms with E-state index in [9.17, 15) is 0 Å². The molecule has 0 unspecified atom stereocenters. The number of aromatic nitrogens is 3. The SMILES string of the molecule is Cc1nc(CN2CCc3nc(N)ncc3C2)c(C)o1. The number of anilines is 1. The van der Waals surface area contributed by atoms with Crippen LogP contribution in [0.1, 0.15) is 28.6 Å². The van der Waals surface area contributed by atoms with Crippen LogP contribution in [-0.2, 0) is 19.5 Å². The van der Waals surface area contributed by atoms with E-state index in [2.05, 4.69) is 19.9 Å². The van der Waals surface area contributed by atoms with E-state index in [4.69, 9.17) is 10.2 Å². The number of oxazole rings is 1. The van der Waals surface area contributed by atoms with Crippen LogP contribution in [0, 0.1) is 13.8 Å². The molecule has 0 aliphatic carbocycles. The van der Waals surface area contributed by atoms with Crippen molar-refractivity contribution in [2.24, 2.45) is 0 Å². The van der Waals surface area contributed by atoms with Gasteiger partial charge in [0, 0.05) is 44.7 Å². The van der Waals surface area contributed by atoms with Crippen molar-refractivity contribution >= 4 is 5.95 Å². The minimum atomic E-state index is 0.357. The first-order valence-corrected chi connectivity index (χ1v) is 6.37. The lowest BCUT2D eigenvalue weighted by atomic mass is 10.1. The third-order valence-corrected chi connectivity index (χ3v) is 3.40. The van der Waals surface area contributed by atoms with Crippen LogP contribution < -0.4 is 5.73 Å². The zero-order valence-electron chi connectivity index (χ0n) is 11.2. The number of nitrogens with zero attached hydrogens (tertiary/aromatic N) is 4. The van der Waals surface area contributed by atoms with E-state index in [1.165, 1.54) is 0 Å². The van der Waals surface area contributed by atoms with E-state index in [-0.39, 0.29) is 0 Å². The Labute approximate surface area is 111 Å². The molecule has 19 heavy (non-hydrogen) atoms. The van der Waals surface area contributed by atoms with Gasteiger partial charge >= 0.3 is 0 Å². The summed E-state index contributed by atoms with van der Waals surface area (Å²) in [5, 5.41) is 0. The minimum Gasteiger partial charge on any atom is -0.446 e. The van der Waals surface area contributed by atoms with Crippen molar-refractivity contribution in [2.75, 3.05) is 12.3 Å². The predicted molar refractivity (Wildman–Crippen MR) is 70.2 cm³/mol. The number of fused-ring (bicyclic) bond motifs is 1. The predicted octanol–water partition coefficient (Wildman–Crippen LogP) is 1.22. The smallest absolute Gasteiger partial charge is 0.220 e. The van der Waals surface area contributed by atoms with Crippen LogP contribution in [0.5, 0.6) is 0 Å². The summed E-state index contributed by atoms with van der Waals surface area (Å²) in [7, 11) is 0. The van der Waals surface area contributed by atoms with E-state index in [1.807, 2.05) is 20.0 Å².